The first-order valence-corrected chi connectivity index (χ1v) is 7.82. The molecule has 0 saturated heterocycles. The van der Waals surface area contributed by atoms with Crippen LogP contribution in [0.2, 0.25) is 0 Å². The Labute approximate surface area is 128 Å². The highest BCUT2D eigenvalue weighted by Crippen LogP contribution is 2.34. The van der Waals surface area contributed by atoms with E-state index < -0.39 is 0 Å². The van der Waals surface area contributed by atoms with Crippen LogP contribution in [0.1, 0.15) is 31.9 Å². The smallest absolute Gasteiger partial charge is 0.142 e. The molecule has 3 nitrogen and oxygen atoms in total. The summed E-state index contributed by atoms with van der Waals surface area (Å²) in [7, 11) is 0. The summed E-state index contributed by atoms with van der Waals surface area (Å²) in [5, 5.41) is 13.4. The molecule has 0 bridgehead atoms. The molecule has 0 spiro atoms. The third-order valence-corrected chi connectivity index (χ3v) is 4.41. The summed E-state index contributed by atoms with van der Waals surface area (Å²) in [5.74, 6) is 0.978. The van der Waals surface area contributed by atoms with Crippen molar-refractivity contribution in [1.82, 2.24) is 9.55 Å². The van der Waals surface area contributed by atoms with Gasteiger partial charge in [0.1, 0.15) is 5.82 Å². The number of nitrogens with zero attached hydrogens (tertiary/aromatic N) is 3. The molecule has 3 rings (SSSR count). The maximum atomic E-state index is 9.08. The van der Waals surface area contributed by atoms with Gasteiger partial charge in [0.2, 0.25) is 0 Å². The molecule has 0 unspecified atom stereocenters. The number of hydrogen-bond acceptors (Lipinski definition) is 3. The molecule has 4 heteroatoms. The molecule has 1 aromatic carbocycles. The SMILES string of the molecule is Cc1cscc1-c1nc2cc(C#N)ccc2n1C(C)(C)C. The second-order valence-corrected chi connectivity index (χ2v) is 6.97. The molecule has 0 aliphatic rings. The average Bonchev–Trinajstić information content (AvgIpc) is 2.99. The standard InChI is InChI=1S/C17H17N3S/c1-11-9-21-10-13(11)16-19-14-7-12(8-18)5-6-15(14)20(16)17(2,3)4/h5-7,9-10H,1-4H3. The van der Waals surface area contributed by atoms with Gasteiger partial charge in [-0.15, -0.1) is 0 Å². The van der Waals surface area contributed by atoms with E-state index in [1.54, 1.807) is 11.3 Å². The van der Waals surface area contributed by atoms with Crippen LogP contribution in [-0.4, -0.2) is 9.55 Å². The number of aromatic nitrogens is 2. The summed E-state index contributed by atoms with van der Waals surface area (Å²) in [5.41, 5.74) is 4.93. The fourth-order valence-electron chi connectivity index (χ4n) is 2.60. The van der Waals surface area contributed by atoms with Crippen molar-refractivity contribution in [2.45, 2.75) is 33.2 Å². The Bertz CT molecular complexity index is 856. The van der Waals surface area contributed by atoms with E-state index in [1.807, 2.05) is 18.2 Å². The number of nitriles is 1. The summed E-state index contributed by atoms with van der Waals surface area (Å²) < 4.78 is 2.26. The van der Waals surface area contributed by atoms with E-state index in [0.29, 0.717) is 5.56 Å². The fourth-order valence-corrected chi connectivity index (χ4v) is 3.43. The van der Waals surface area contributed by atoms with Crippen LogP contribution in [0, 0.1) is 18.3 Å². The van der Waals surface area contributed by atoms with E-state index in [9.17, 15) is 0 Å². The van der Waals surface area contributed by atoms with Crippen LogP contribution in [0.15, 0.2) is 29.0 Å². The zero-order chi connectivity index (χ0) is 15.2. The molecule has 0 fully saturated rings. The predicted octanol–water partition coefficient (Wildman–Crippen LogP) is 4.70. The summed E-state index contributed by atoms with van der Waals surface area (Å²) in [6.07, 6.45) is 0. The van der Waals surface area contributed by atoms with Gasteiger partial charge < -0.3 is 4.57 Å². The normalized spacial score (nSPS) is 11.8. The van der Waals surface area contributed by atoms with Crippen LogP contribution in [0.5, 0.6) is 0 Å². The maximum Gasteiger partial charge on any atom is 0.142 e. The lowest BCUT2D eigenvalue weighted by atomic mass is 10.1. The Morgan fingerprint density at radius 3 is 2.57 bits per heavy atom. The van der Waals surface area contributed by atoms with Crippen molar-refractivity contribution in [3.8, 4) is 17.5 Å². The monoisotopic (exact) mass is 295 g/mol. The van der Waals surface area contributed by atoms with E-state index in [-0.39, 0.29) is 5.54 Å². The van der Waals surface area contributed by atoms with Crippen molar-refractivity contribution in [3.05, 3.63) is 40.1 Å². The number of benzene rings is 1. The lowest BCUT2D eigenvalue weighted by Crippen LogP contribution is -2.22. The van der Waals surface area contributed by atoms with Crippen molar-refractivity contribution in [2.24, 2.45) is 0 Å². The van der Waals surface area contributed by atoms with Crippen molar-refractivity contribution in [3.63, 3.8) is 0 Å². The third kappa shape index (κ3) is 2.24. The molecule has 106 valence electrons. The van der Waals surface area contributed by atoms with Crippen LogP contribution < -0.4 is 0 Å². The zero-order valence-corrected chi connectivity index (χ0v) is 13.5. The van der Waals surface area contributed by atoms with Gasteiger partial charge in [-0.25, -0.2) is 4.98 Å². The van der Waals surface area contributed by atoms with Crippen molar-refractivity contribution in [1.29, 1.82) is 5.26 Å². The van der Waals surface area contributed by atoms with E-state index in [4.69, 9.17) is 10.2 Å². The Hall–Kier alpha value is -2.12. The molecule has 0 amide bonds. The van der Waals surface area contributed by atoms with Crippen LogP contribution in [0.4, 0.5) is 0 Å². The molecule has 0 atom stereocenters. The Balaban J connectivity index is 2.39. The van der Waals surface area contributed by atoms with Gasteiger partial charge in [0.15, 0.2) is 0 Å². The number of aryl methyl sites for hydroxylation is 1. The summed E-state index contributed by atoms with van der Waals surface area (Å²) in [6, 6.07) is 7.90. The Morgan fingerprint density at radius 2 is 2.00 bits per heavy atom. The predicted molar refractivity (Wildman–Crippen MR) is 87.5 cm³/mol. The first-order valence-electron chi connectivity index (χ1n) is 6.88. The summed E-state index contributed by atoms with van der Waals surface area (Å²) in [6.45, 7) is 8.64. The Kier molecular flexibility index (Phi) is 3.11. The molecule has 0 radical (unpaired) electrons. The molecular formula is C17H17N3S. The average molecular weight is 295 g/mol. The second kappa shape index (κ2) is 4.71. The first kappa shape index (κ1) is 13.8. The minimum Gasteiger partial charge on any atom is -0.319 e. The van der Waals surface area contributed by atoms with Gasteiger partial charge in [-0.3, -0.25) is 0 Å². The summed E-state index contributed by atoms with van der Waals surface area (Å²) >= 11 is 1.69. The number of rotatable bonds is 1. The quantitative estimate of drug-likeness (QED) is 0.653. The van der Waals surface area contributed by atoms with Gasteiger partial charge in [0.25, 0.3) is 0 Å². The van der Waals surface area contributed by atoms with Crippen LogP contribution >= 0.6 is 11.3 Å². The van der Waals surface area contributed by atoms with Crippen molar-refractivity contribution in [2.75, 3.05) is 0 Å². The van der Waals surface area contributed by atoms with E-state index in [1.165, 1.54) is 11.1 Å². The number of hydrogen-bond donors (Lipinski definition) is 0. The second-order valence-electron chi connectivity index (χ2n) is 6.23. The number of thiophene rings is 1. The molecule has 3 aromatic rings. The molecular weight excluding hydrogens is 278 g/mol. The number of fused-ring (bicyclic) bond motifs is 1. The maximum absolute atomic E-state index is 9.08. The zero-order valence-electron chi connectivity index (χ0n) is 12.6. The highest BCUT2D eigenvalue weighted by Gasteiger charge is 2.23. The van der Waals surface area contributed by atoms with Crippen LogP contribution in [0.25, 0.3) is 22.4 Å². The molecule has 0 saturated carbocycles. The van der Waals surface area contributed by atoms with Gasteiger partial charge in [-0.1, -0.05) is 0 Å². The van der Waals surface area contributed by atoms with Gasteiger partial charge >= 0.3 is 0 Å². The van der Waals surface area contributed by atoms with E-state index >= 15 is 0 Å². The topological polar surface area (TPSA) is 41.6 Å². The van der Waals surface area contributed by atoms with Gasteiger partial charge in [0.05, 0.1) is 22.7 Å². The first-order chi connectivity index (χ1) is 9.91. The van der Waals surface area contributed by atoms with E-state index in [2.05, 4.69) is 49.1 Å². The largest absolute Gasteiger partial charge is 0.319 e. The third-order valence-electron chi connectivity index (χ3n) is 3.55. The molecule has 2 heterocycles. The highest BCUT2D eigenvalue weighted by molar-refractivity contribution is 7.08. The molecule has 0 aliphatic heterocycles. The van der Waals surface area contributed by atoms with Crippen molar-refractivity contribution < 1.29 is 0 Å². The number of imidazole rings is 1. The lowest BCUT2D eigenvalue weighted by molar-refractivity contribution is 0.413. The molecule has 2 aromatic heterocycles. The minimum atomic E-state index is -0.0768. The minimum absolute atomic E-state index is 0.0768. The van der Waals surface area contributed by atoms with Gasteiger partial charge in [0, 0.05) is 16.5 Å². The fraction of sp³-hybridized carbons (Fsp3) is 0.294. The molecule has 0 aliphatic carbocycles. The van der Waals surface area contributed by atoms with Crippen LogP contribution in [0.3, 0.4) is 0 Å². The van der Waals surface area contributed by atoms with Gasteiger partial charge in [-0.2, -0.15) is 16.6 Å². The molecule has 21 heavy (non-hydrogen) atoms. The highest BCUT2D eigenvalue weighted by atomic mass is 32.1. The van der Waals surface area contributed by atoms with Crippen molar-refractivity contribution >= 4 is 22.4 Å². The van der Waals surface area contributed by atoms with Gasteiger partial charge in [-0.05, 0) is 56.8 Å². The summed E-state index contributed by atoms with van der Waals surface area (Å²) in [4.78, 5) is 4.81. The Morgan fingerprint density at radius 1 is 1.24 bits per heavy atom. The van der Waals surface area contributed by atoms with E-state index in [0.717, 1.165) is 16.9 Å². The van der Waals surface area contributed by atoms with Crippen LogP contribution in [-0.2, 0) is 5.54 Å². The molecule has 0 N–H and O–H groups in total. The lowest BCUT2D eigenvalue weighted by Gasteiger charge is -2.24.